The monoisotopic (exact) mass is 174 g/mol. The molecule has 0 aromatic heterocycles. The summed E-state index contributed by atoms with van der Waals surface area (Å²) in [6.45, 7) is 0.270. The lowest BCUT2D eigenvalue weighted by Crippen LogP contribution is -2.42. The molecule has 0 saturated carbocycles. The molecule has 0 amide bonds. The van der Waals surface area contributed by atoms with Crippen molar-refractivity contribution in [2.75, 3.05) is 6.54 Å². The Morgan fingerprint density at radius 1 is 1.75 bits per heavy atom. The number of carboxylic acids is 1. The van der Waals surface area contributed by atoms with E-state index in [4.69, 9.17) is 5.11 Å². The largest absolute Gasteiger partial charge is 0.724 e. The van der Waals surface area contributed by atoms with Crippen molar-refractivity contribution in [3.63, 3.8) is 0 Å². The molecule has 0 aromatic rings. The number of hydrogen-bond acceptors (Lipinski definition) is 5. The van der Waals surface area contributed by atoms with Gasteiger partial charge in [0.05, 0.1) is 5.29 Å². The van der Waals surface area contributed by atoms with Gasteiger partial charge in [0.25, 0.3) is 0 Å². The molecule has 1 saturated heterocycles. The summed E-state index contributed by atoms with van der Waals surface area (Å²) >= 11 is 0. The van der Waals surface area contributed by atoms with Crippen LogP contribution in [0.15, 0.2) is 5.29 Å². The summed E-state index contributed by atoms with van der Waals surface area (Å²) in [6.07, 6.45) is 0.967. The lowest BCUT2D eigenvalue weighted by atomic mass is 10.2. The SMILES string of the molecule is O=NN([O-])N1CCCC1C(=O)O. The summed E-state index contributed by atoms with van der Waals surface area (Å²) in [5.41, 5.74) is 0. The van der Waals surface area contributed by atoms with Crippen LogP contribution in [0, 0.1) is 10.1 Å². The van der Waals surface area contributed by atoms with Crippen molar-refractivity contribution in [2.45, 2.75) is 18.9 Å². The van der Waals surface area contributed by atoms with Gasteiger partial charge < -0.3 is 10.3 Å². The Balaban J connectivity index is 2.63. The fourth-order valence-corrected chi connectivity index (χ4v) is 1.25. The summed E-state index contributed by atoms with van der Waals surface area (Å²) in [6, 6.07) is -0.903. The molecule has 0 spiro atoms. The lowest BCUT2D eigenvalue weighted by Gasteiger charge is -2.33. The van der Waals surface area contributed by atoms with E-state index in [1.165, 1.54) is 0 Å². The molecule has 7 heteroatoms. The zero-order valence-electron chi connectivity index (χ0n) is 6.21. The van der Waals surface area contributed by atoms with Crippen LogP contribution in [0.5, 0.6) is 0 Å². The lowest BCUT2D eigenvalue weighted by molar-refractivity contribution is -0.147. The van der Waals surface area contributed by atoms with E-state index in [2.05, 4.69) is 5.29 Å². The van der Waals surface area contributed by atoms with Crippen LogP contribution in [0.2, 0.25) is 0 Å². The van der Waals surface area contributed by atoms with Crippen LogP contribution in [-0.4, -0.2) is 34.0 Å². The highest BCUT2D eigenvalue weighted by molar-refractivity contribution is 5.73. The van der Waals surface area contributed by atoms with E-state index in [9.17, 15) is 14.9 Å². The second-order valence-electron chi connectivity index (χ2n) is 2.49. The van der Waals surface area contributed by atoms with Gasteiger partial charge in [0.1, 0.15) is 6.04 Å². The molecular formula is C5H8N3O4-. The molecule has 1 N–H and O–H groups in total. The van der Waals surface area contributed by atoms with Gasteiger partial charge in [0.15, 0.2) is 0 Å². The number of aliphatic carboxylic acids is 1. The molecular weight excluding hydrogens is 166 g/mol. The third-order valence-electron chi connectivity index (χ3n) is 1.80. The van der Waals surface area contributed by atoms with Gasteiger partial charge in [0.2, 0.25) is 0 Å². The van der Waals surface area contributed by atoms with Crippen LogP contribution in [0.1, 0.15) is 12.8 Å². The van der Waals surface area contributed by atoms with Crippen molar-refractivity contribution in [2.24, 2.45) is 5.29 Å². The molecule has 1 heterocycles. The molecule has 1 rings (SSSR count). The summed E-state index contributed by atoms with van der Waals surface area (Å²) in [7, 11) is 0. The first kappa shape index (κ1) is 8.88. The maximum Gasteiger partial charge on any atom is 0.322 e. The summed E-state index contributed by atoms with van der Waals surface area (Å²) < 4.78 is 0. The summed E-state index contributed by atoms with van der Waals surface area (Å²) in [5, 5.41) is 22.0. The van der Waals surface area contributed by atoms with Crippen LogP contribution in [0.25, 0.3) is 0 Å². The number of nitroso groups, excluding NO2 is 1. The second kappa shape index (κ2) is 3.46. The maximum absolute atomic E-state index is 10.6. The first-order valence-corrected chi connectivity index (χ1v) is 3.46. The fourth-order valence-electron chi connectivity index (χ4n) is 1.25. The van der Waals surface area contributed by atoms with Gasteiger partial charge in [-0.3, -0.25) is 10.1 Å². The fraction of sp³-hybridized carbons (Fsp3) is 0.800. The van der Waals surface area contributed by atoms with Gasteiger partial charge in [-0.05, 0) is 12.8 Å². The number of rotatable bonds is 3. The molecule has 0 bridgehead atoms. The van der Waals surface area contributed by atoms with E-state index in [0.717, 1.165) is 5.01 Å². The molecule has 0 radical (unpaired) electrons. The van der Waals surface area contributed by atoms with Gasteiger partial charge in [-0.25, -0.2) is 0 Å². The minimum Gasteiger partial charge on any atom is -0.724 e. The van der Waals surface area contributed by atoms with E-state index >= 15 is 0 Å². The number of hydrazine groups is 1. The molecule has 12 heavy (non-hydrogen) atoms. The number of nitrogens with zero attached hydrogens (tertiary/aromatic N) is 3. The molecule has 7 nitrogen and oxygen atoms in total. The summed E-state index contributed by atoms with van der Waals surface area (Å²) in [4.78, 5) is 20.3. The van der Waals surface area contributed by atoms with Crippen molar-refractivity contribution in [3.05, 3.63) is 10.1 Å². The van der Waals surface area contributed by atoms with Crippen molar-refractivity contribution in [3.8, 4) is 0 Å². The van der Waals surface area contributed by atoms with E-state index in [0.29, 0.717) is 12.8 Å². The Kier molecular flexibility index (Phi) is 2.56. The molecule has 1 aliphatic rings. The molecule has 1 fully saturated rings. The first-order valence-electron chi connectivity index (χ1n) is 3.46. The molecule has 0 aliphatic carbocycles. The molecule has 1 atom stereocenters. The van der Waals surface area contributed by atoms with Gasteiger partial charge in [-0.1, -0.05) is 0 Å². The Bertz CT molecular complexity index is 197. The second-order valence-corrected chi connectivity index (χ2v) is 2.49. The van der Waals surface area contributed by atoms with E-state index in [-0.39, 0.29) is 11.8 Å². The zero-order chi connectivity index (χ0) is 9.14. The number of carbonyl (C=O) groups is 1. The third-order valence-corrected chi connectivity index (χ3v) is 1.80. The Morgan fingerprint density at radius 3 is 2.92 bits per heavy atom. The topological polar surface area (TPSA) is 96.3 Å². The van der Waals surface area contributed by atoms with Gasteiger partial charge in [-0.2, -0.15) is 5.01 Å². The van der Waals surface area contributed by atoms with E-state index < -0.39 is 12.0 Å². The molecule has 1 unspecified atom stereocenters. The first-order chi connectivity index (χ1) is 5.66. The average molecular weight is 174 g/mol. The minimum absolute atomic E-state index is 0.203. The molecule has 1 aliphatic heterocycles. The van der Waals surface area contributed by atoms with Crippen LogP contribution in [-0.2, 0) is 4.79 Å². The number of hydrogen-bond donors (Lipinski definition) is 1. The van der Waals surface area contributed by atoms with Crippen LogP contribution < -0.4 is 0 Å². The maximum atomic E-state index is 10.6. The standard InChI is InChI=1S/C5H8N3O4/c9-5(10)4-2-1-3-7(4)8(12)6-11/h4H,1-3H2,(H,9,10)/q-1. The van der Waals surface area contributed by atoms with Crippen molar-refractivity contribution >= 4 is 5.97 Å². The van der Waals surface area contributed by atoms with Crippen LogP contribution in [0.3, 0.4) is 0 Å². The Morgan fingerprint density at radius 2 is 2.42 bits per heavy atom. The molecule has 68 valence electrons. The highest BCUT2D eigenvalue weighted by atomic mass is 16.6. The smallest absolute Gasteiger partial charge is 0.322 e. The molecule has 0 aromatic carbocycles. The van der Waals surface area contributed by atoms with Crippen LogP contribution >= 0.6 is 0 Å². The van der Waals surface area contributed by atoms with Crippen molar-refractivity contribution in [1.29, 1.82) is 0 Å². The Hall–Kier alpha value is -1.21. The van der Waals surface area contributed by atoms with Crippen molar-refractivity contribution < 1.29 is 9.90 Å². The van der Waals surface area contributed by atoms with Gasteiger partial charge >= 0.3 is 5.97 Å². The minimum atomic E-state index is -1.10. The average Bonchev–Trinajstić information content (AvgIpc) is 2.50. The predicted molar refractivity (Wildman–Crippen MR) is 38.4 cm³/mol. The third kappa shape index (κ3) is 1.51. The van der Waals surface area contributed by atoms with Gasteiger partial charge in [-0.15, -0.1) is 4.91 Å². The summed E-state index contributed by atoms with van der Waals surface area (Å²) in [5.74, 6) is -1.10. The normalized spacial score (nSPS) is 23.9. The number of carboxylic acid groups (broad SMARTS) is 1. The van der Waals surface area contributed by atoms with E-state index in [1.54, 1.807) is 0 Å². The van der Waals surface area contributed by atoms with E-state index in [1.807, 2.05) is 0 Å². The Labute approximate surface area is 68.1 Å². The zero-order valence-corrected chi connectivity index (χ0v) is 6.21. The van der Waals surface area contributed by atoms with Crippen LogP contribution in [0.4, 0.5) is 0 Å². The predicted octanol–water partition coefficient (Wildman–Crippen LogP) is -0.0684. The quantitative estimate of drug-likeness (QED) is 0.475. The van der Waals surface area contributed by atoms with Crippen molar-refractivity contribution in [1.82, 2.24) is 10.3 Å². The highest BCUT2D eigenvalue weighted by Gasteiger charge is 2.31. The highest BCUT2D eigenvalue weighted by Crippen LogP contribution is 2.18. The van der Waals surface area contributed by atoms with Gasteiger partial charge in [0, 0.05) is 6.54 Å².